The van der Waals surface area contributed by atoms with E-state index in [9.17, 15) is 4.39 Å². The molecule has 96 valence electrons. The van der Waals surface area contributed by atoms with Crippen LogP contribution in [-0.4, -0.2) is 4.98 Å². The minimum atomic E-state index is -0.419. The van der Waals surface area contributed by atoms with Crippen molar-refractivity contribution in [2.45, 2.75) is 0 Å². The molecule has 19 heavy (non-hydrogen) atoms. The molecule has 0 saturated heterocycles. The maximum absolute atomic E-state index is 13.7. The van der Waals surface area contributed by atoms with E-state index in [0.717, 1.165) is 10.2 Å². The van der Waals surface area contributed by atoms with Gasteiger partial charge in [-0.15, -0.1) is 0 Å². The second kappa shape index (κ2) is 4.96. The first-order chi connectivity index (χ1) is 9.13. The lowest BCUT2D eigenvalue weighted by molar-refractivity contribution is 0.632. The van der Waals surface area contributed by atoms with Gasteiger partial charge in [0.1, 0.15) is 5.82 Å². The Morgan fingerprint density at radius 2 is 2.00 bits per heavy atom. The zero-order valence-electron chi connectivity index (χ0n) is 9.45. The van der Waals surface area contributed by atoms with Gasteiger partial charge in [0.05, 0.1) is 20.9 Å². The first kappa shape index (κ1) is 12.7. The molecule has 2 nitrogen and oxygen atoms in total. The summed E-state index contributed by atoms with van der Waals surface area (Å²) in [6.45, 7) is 0. The Labute approximate surface area is 122 Å². The van der Waals surface area contributed by atoms with Crippen molar-refractivity contribution < 1.29 is 4.39 Å². The van der Waals surface area contributed by atoms with Gasteiger partial charge in [-0.3, -0.25) is 0 Å². The standard InChI is InChI=1S/C13H7Cl2FN2S/c14-7-4-5-10(9(16)6-7)17-13-18-11-3-1-2-8(15)12(11)19-13/h1-6H,(H,17,18). The van der Waals surface area contributed by atoms with Crippen LogP contribution in [0, 0.1) is 5.82 Å². The van der Waals surface area contributed by atoms with E-state index in [4.69, 9.17) is 23.2 Å². The minimum Gasteiger partial charge on any atom is -0.329 e. The predicted molar refractivity (Wildman–Crippen MR) is 79.3 cm³/mol. The number of aromatic nitrogens is 1. The summed E-state index contributed by atoms with van der Waals surface area (Å²) in [5.41, 5.74) is 1.12. The number of halogens is 3. The zero-order valence-corrected chi connectivity index (χ0v) is 11.8. The summed E-state index contributed by atoms with van der Waals surface area (Å²) in [7, 11) is 0. The molecule has 0 radical (unpaired) electrons. The van der Waals surface area contributed by atoms with Crippen LogP contribution in [0.1, 0.15) is 0 Å². The van der Waals surface area contributed by atoms with Crippen LogP contribution in [-0.2, 0) is 0 Å². The molecule has 3 rings (SSSR count). The molecule has 0 aliphatic rings. The third-order valence-corrected chi connectivity index (χ3v) is 4.22. The number of hydrogen-bond acceptors (Lipinski definition) is 3. The fourth-order valence-electron chi connectivity index (χ4n) is 1.67. The van der Waals surface area contributed by atoms with E-state index in [1.54, 1.807) is 18.2 Å². The van der Waals surface area contributed by atoms with Gasteiger partial charge >= 0.3 is 0 Å². The van der Waals surface area contributed by atoms with Crippen LogP contribution in [0.2, 0.25) is 10.0 Å². The average Bonchev–Trinajstić information content (AvgIpc) is 2.77. The molecule has 2 aromatic carbocycles. The van der Waals surface area contributed by atoms with Gasteiger partial charge in [-0.1, -0.05) is 40.6 Å². The topological polar surface area (TPSA) is 24.9 Å². The largest absolute Gasteiger partial charge is 0.329 e. The molecule has 0 amide bonds. The molecule has 0 spiro atoms. The van der Waals surface area contributed by atoms with Crippen LogP contribution < -0.4 is 5.32 Å². The lowest BCUT2D eigenvalue weighted by atomic mass is 10.3. The van der Waals surface area contributed by atoms with Crippen molar-refractivity contribution in [1.82, 2.24) is 4.98 Å². The van der Waals surface area contributed by atoms with Crippen molar-refractivity contribution in [3.63, 3.8) is 0 Å². The second-order valence-corrected chi connectivity index (χ2v) is 5.70. The van der Waals surface area contributed by atoms with Gasteiger partial charge in [0.2, 0.25) is 0 Å². The van der Waals surface area contributed by atoms with Gasteiger partial charge in [0.15, 0.2) is 5.13 Å². The Bertz CT molecular complexity index is 757. The van der Waals surface area contributed by atoms with Crippen molar-refractivity contribution in [3.8, 4) is 0 Å². The van der Waals surface area contributed by atoms with Gasteiger partial charge in [0.25, 0.3) is 0 Å². The van der Waals surface area contributed by atoms with E-state index in [2.05, 4.69) is 10.3 Å². The highest BCUT2D eigenvalue weighted by Gasteiger charge is 2.09. The molecule has 0 fully saturated rings. The zero-order chi connectivity index (χ0) is 13.4. The van der Waals surface area contributed by atoms with Crippen molar-refractivity contribution in [2.75, 3.05) is 5.32 Å². The average molecular weight is 313 g/mol. The third-order valence-electron chi connectivity index (χ3n) is 2.54. The Balaban J connectivity index is 1.99. The second-order valence-electron chi connectivity index (χ2n) is 3.86. The highest BCUT2D eigenvalue weighted by molar-refractivity contribution is 7.22. The van der Waals surface area contributed by atoms with Gasteiger partial charge in [0, 0.05) is 5.02 Å². The number of thiazole rings is 1. The normalized spacial score (nSPS) is 10.9. The molecule has 0 bridgehead atoms. The number of nitrogens with zero attached hydrogens (tertiary/aromatic N) is 1. The molecule has 3 aromatic rings. The Hall–Kier alpha value is -1.36. The minimum absolute atomic E-state index is 0.333. The Morgan fingerprint density at radius 3 is 2.74 bits per heavy atom. The molecule has 0 saturated carbocycles. The maximum atomic E-state index is 13.7. The van der Waals surface area contributed by atoms with Gasteiger partial charge in [-0.2, -0.15) is 0 Å². The fraction of sp³-hybridized carbons (Fsp3) is 0. The summed E-state index contributed by atoms with van der Waals surface area (Å²) in [5, 5.41) is 4.51. The Morgan fingerprint density at radius 1 is 1.16 bits per heavy atom. The van der Waals surface area contributed by atoms with Crippen LogP contribution in [0.4, 0.5) is 15.2 Å². The highest BCUT2D eigenvalue weighted by atomic mass is 35.5. The molecule has 0 aliphatic carbocycles. The summed E-state index contributed by atoms with van der Waals surface area (Å²) in [6, 6.07) is 9.94. The number of benzene rings is 2. The van der Waals surface area contributed by atoms with Gasteiger partial charge in [-0.25, -0.2) is 9.37 Å². The number of rotatable bonds is 2. The van der Waals surface area contributed by atoms with Crippen molar-refractivity contribution >= 4 is 55.6 Å². The molecular formula is C13H7Cl2FN2S. The highest BCUT2D eigenvalue weighted by Crippen LogP contribution is 2.33. The van der Waals surface area contributed by atoms with E-state index in [1.807, 2.05) is 12.1 Å². The van der Waals surface area contributed by atoms with Crippen LogP contribution in [0.5, 0.6) is 0 Å². The summed E-state index contributed by atoms with van der Waals surface area (Å²) in [5.74, 6) is -0.419. The molecule has 1 aromatic heterocycles. The molecule has 1 N–H and O–H groups in total. The van der Waals surface area contributed by atoms with Crippen molar-refractivity contribution in [3.05, 3.63) is 52.3 Å². The number of fused-ring (bicyclic) bond motifs is 1. The number of nitrogens with one attached hydrogen (secondary N) is 1. The van der Waals surface area contributed by atoms with Crippen LogP contribution in [0.3, 0.4) is 0 Å². The lowest BCUT2D eigenvalue weighted by Crippen LogP contribution is -1.92. The summed E-state index contributed by atoms with van der Waals surface area (Å²) in [4.78, 5) is 4.36. The van der Waals surface area contributed by atoms with Gasteiger partial charge < -0.3 is 5.32 Å². The summed E-state index contributed by atoms with van der Waals surface area (Å²) < 4.78 is 14.6. The van der Waals surface area contributed by atoms with E-state index >= 15 is 0 Å². The molecular weight excluding hydrogens is 306 g/mol. The first-order valence-corrected chi connectivity index (χ1v) is 6.98. The quantitative estimate of drug-likeness (QED) is 0.677. The van der Waals surface area contributed by atoms with E-state index < -0.39 is 5.82 Å². The summed E-state index contributed by atoms with van der Waals surface area (Å²) >= 11 is 13.2. The predicted octanol–water partition coefficient (Wildman–Crippen LogP) is 5.49. The number of hydrogen-bond donors (Lipinski definition) is 1. The number of anilines is 2. The Kier molecular flexibility index (Phi) is 3.31. The smallest absolute Gasteiger partial charge is 0.188 e. The molecule has 0 aliphatic heterocycles. The molecule has 0 unspecified atom stereocenters. The van der Waals surface area contributed by atoms with Crippen LogP contribution >= 0.6 is 34.5 Å². The summed E-state index contributed by atoms with van der Waals surface area (Å²) in [6.07, 6.45) is 0. The maximum Gasteiger partial charge on any atom is 0.188 e. The molecule has 1 heterocycles. The molecule has 0 atom stereocenters. The molecule has 6 heteroatoms. The van der Waals surface area contributed by atoms with E-state index in [-0.39, 0.29) is 0 Å². The monoisotopic (exact) mass is 312 g/mol. The van der Waals surface area contributed by atoms with E-state index in [0.29, 0.717) is 20.9 Å². The van der Waals surface area contributed by atoms with Crippen molar-refractivity contribution in [2.24, 2.45) is 0 Å². The fourth-order valence-corrected chi connectivity index (χ4v) is 3.00. The first-order valence-electron chi connectivity index (χ1n) is 5.40. The lowest BCUT2D eigenvalue weighted by Gasteiger charge is -2.03. The van der Waals surface area contributed by atoms with Crippen molar-refractivity contribution in [1.29, 1.82) is 0 Å². The van der Waals surface area contributed by atoms with E-state index in [1.165, 1.54) is 17.4 Å². The third kappa shape index (κ3) is 2.52. The van der Waals surface area contributed by atoms with Crippen LogP contribution in [0.15, 0.2) is 36.4 Å². The van der Waals surface area contributed by atoms with Gasteiger partial charge in [-0.05, 0) is 30.3 Å². The van der Waals surface area contributed by atoms with Crippen LogP contribution in [0.25, 0.3) is 10.2 Å². The SMILES string of the molecule is Fc1cc(Cl)ccc1Nc1nc2cccc(Cl)c2s1.